The highest BCUT2D eigenvalue weighted by atomic mass is 32.2. The summed E-state index contributed by atoms with van der Waals surface area (Å²) in [7, 11) is 0. The van der Waals surface area contributed by atoms with Gasteiger partial charge in [-0.2, -0.15) is 0 Å². The van der Waals surface area contributed by atoms with Gasteiger partial charge in [0.1, 0.15) is 11.2 Å². The Morgan fingerprint density at radius 2 is 1.11 bits per heavy atom. The van der Waals surface area contributed by atoms with Gasteiger partial charge in [0.2, 0.25) is 0 Å². The van der Waals surface area contributed by atoms with Crippen LogP contribution in [-0.2, 0) is 6.42 Å². The van der Waals surface area contributed by atoms with Crippen molar-refractivity contribution in [1.82, 2.24) is 0 Å². The Morgan fingerprint density at radius 1 is 0.478 bits per heavy atom. The lowest BCUT2D eigenvalue weighted by molar-refractivity contribution is 0.667. The maximum atomic E-state index is 6.49. The van der Waals surface area contributed by atoms with E-state index in [1.54, 1.807) is 0 Å². The van der Waals surface area contributed by atoms with Crippen LogP contribution in [0.4, 0.5) is 0 Å². The van der Waals surface area contributed by atoms with Gasteiger partial charge in [-0.3, -0.25) is 0 Å². The molecule has 1 aliphatic heterocycles. The van der Waals surface area contributed by atoms with Crippen LogP contribution in [0, 0.1) is 0 Å². The molecule has 0 aliphatic carbocycles. The van der Waals surface area contributed by atoms with Crippen molar-refractivity contribution < 1.29 is 4.42 Å². The summed E-state index contributed by atoms with van der Waals surface area (Å²) in [4.78, 5) is 1.33. The Kier molecular flexibility index (Phi) is 5.70. The Labute approximate surface area is 271 Å². The van der Waals surface area contributed by atoms with Gasteiger partial charge in [-0.1, -0.05) is 127 Å². The summed E-state index contributed by atoms with van der Waals surface area (Å²) >= 11 is 1.96. The highest BCUT2D eigenvalue weighted by Crippen LogP contribution is 2.50. The molecule has 0 bridgehead atoms. The average Bonchev–Trinajstić information content (AvgIpc) is 3.70. The second kappa shape index (κ2) is 10.1. The summed E-state index contributed by atoms with van der Waals surface area (Å²) < 4.78 is 6.49. The van der Waals surface area contributed by atoms with Gasteiger partial charge in [-0.25, -0.2) is 0 Å². The predicted molar refractivity (Wildman–Crippen MR) is 196 cm³/mol. The second-order valence-corrected chi connectivity index (χ2v) is 13.6. The number of furan rings is 1. The van der Waals surface area contributed by atoms with Gasteiger partial charge in [0.25, 0.3) is 0 Å². The predicted octanol–water partition coefficient (Wildman–Crippen LogP) is 12.8. The lowest BCUT2D eigenvalue weighted by atomic mass is 9.84. The molecule has 0 saturated carbocycles. The molecule has 0 N–H and O–H groups in total. The summed E-state index contributed by atoms with van der Waals surface area (Å²) in [5.41, 5.74) is 9.75. The van der Waals surface area contributed by atoms with E-state index < -0.39 is 0 Å². The monoisotopic (exact) mass is 604 g/mol. The molecule has 8 aromatic carbocycles. The van der Waals surface area contributed by atoms with Crippen LogP contribution in [0.3, 0.4) is 0 Å². The number of rotatable bonds is 3. The largest absolute Gasteiger partial charge is 0.456 e. The Bertz CT molecular complexity index is 2580. The van der Waals surface area contributed by atoms with E-state index in [0.717, 1.165) is 17.6 Å². The fourth-order valence-electron chi connectivity index (χ4n) is 7.69. The zero-order valence-corrected chi connectivity index (χ0v) is 25.9. The Hall–Kier alpha value is -5.31. The molecule has 9 aromatic rings. The first-order valence-electron chi connectivity index (χ1n) is 15.9. The molecular weight excluding hydrogens is 577 g/mol. The summed E-state index contributed by atoms with van der Waals surface area (Å²) in [5, 5.41) is 10.4. The second-order valence-electron chi connectivity index (χ2n) is 12.4. The molecule has 1 nitrogen and oxygen atoms in total. The van der Waals surface area contributed by atoms with Gasteiger partial charge in [-0.05, 0) is 96.4 Å². The molecule has 46 heavy (non-hydrogen) atoms. The topological polar surface area (TPSA) is 13.1 Å². The molecular formula is C44H28OS. The molecule has 1 atom stereocenters. The van der Waals surface area contributed by atoms with Crippen molar-refractivity contribution in [3.05, 3.63) is 163 Å². The molecule has 0 fully saturated rings. The number of fused-ring (bicyclic) bond motifs is 7. The third-order valence-corrected chi connectivity index (χ3v) is 11.1. The minimum Gasteiger partial charge on any atom is -0.456 e. The van der Waals surface area contributed by atoms with Gasteiger partial charge in [0.15, 0.2) is 0 Å². The van der Waals surface area contributed by atoms with E-state index in [2.05, 4.69) is 152 Å². The molecule has 0 spiro atoms. The van der Waals surface area contributed by atoms with Gasteiger partial charge in [-0.15, -0.1) is 11.8 Å². The van der Waals surface area contributed by atoms with Crippen LogP contribution < -0.4 is 0 Å². The maximum Gasteiger partial charge on any atom is 0.136 e. The molecule has 0 radical (unpaired) electrons. The molecule has 1 aliphatic rings. The molecule has 2 heteroatoms. The van der Waals surface area contributed by atoms with Crippen LogP contribution in [0.15, 0.2) is 161 Å². The lowest BCUT2D eigenvalue weighted by Crippen LogP contribution is -1.91. The number of hydrogen-bond acceptors (Lipinski definition) is 2. The average molecular weight is 605 g/mol. The van der Waals surface area contributed by atoms with Crippen molar-refractivity contribution in [2.45, 2.75) is 16.6 Å². The smallest absolute Gasteiger partial charge is 0.136 e. The van der Waals surface area contributed by atoms with E-state index in [4.69, 9.17) is 4.42 Å². The third kappa shape index (κ3) is 3.90. The first kappa shape index (κ1) is 26.0. The molecule has 216 valence electrons. The lowest BCUT2D eigenvalue weighted by Gasteiger charge is -2.18. The van der Waals surface area contributed by atoms with Crippen LogP contribution >= 0.6 is 11.8 Å². The standard InChI is InChI=1S/C44H28OS/c1-2-12-28(13-3-1)41-25-30-24-38-37-23-29(21-22-39(37)45-40(38)26-42(30)46-41)43-33-16-6-8-18-35(33)44(36-19-9-7-17-34(36)43)32-20-10-14-27-11-4-5-15-31(27)32/h1-24,26,41H,25H2. The molecule has 0 saturated heterocycles. The van der Waals surface area contributed by atoms with E-state index in [1.807, 2.05) is 11.8 Å². The van der Waals surface area contributed by atoms with Crippen molar-refractivity contribution in [3.8, 4) is 22.3 Å². The Morgan fingerprint density at radius 3 is 1.87 bits per heavy atom. The van der Waals surface area contributed by atoms with Crippen LogP contribution in [0.25, 0.3) is 76.5 Å². The van der Waals surface area contributed by atoms with Crippen LogP contribution in [0.2, 0.25) is 0 Å². The van der Waals surface area contributed by atoms with Gasteiger partial charge >= 0.3 is 0 Å². The minimum absolute atomic E-state index is 0.447. The van der Waals surface area contributed by atoms with Gasteiger partial charge in [0, 0.05) is 20.9 Å². The fraction of sp³-hybridized carbons (Fsp3) is 0.0455. The maximum absolute atomic E-state index is 6.49. The zero-order chi connectivity index (χ0) is 30.2. The normalized spacial score (nSPS) is 14.6. The first-order chi connectivity index (χ1) is 22.8. The highest BCUT2D eigenvalue weighted by Gasteiger charge is 2.26. The SMILES string of the molecule is c1ccc(C2Cc3cc4c(cc3S2)oc2ccc(-c3c5ccccc5c(-c5cccc6ccccc56)c5ccccc35)cc24)cc1. The van der Waals surface area contributed by atoms with Crippen molar-refractivity contribution in [2.24, 2.45) is 0 Å². The summed E-state index contributed by atoms with van der Waals surface area (Å²) in [6, 6.07) is 55.5. The van der Waals surface area contributed by atoms with E-state index in [1.165, 1.54) is 81.4 Å². The summed E-state index contributed by atoms with van der Waals surface area (Å²) in [6.45, 7) is 0. The zero-order valence-electron chi connectivity index (χ0n) is 25.0. The quantitative estimate of drug-likeness (QED) is 0.186. The van der Waals surface area contributed by atoms with Gasteiger partial charge in [0.05, 0.1) is 0 Å². The number of benzene rings is 8. The molecule has 0 amide bonds. The van der Waals surface area contributed by atoms with Crippen molar-refractivity contribution >= 4 is 66.0 Å². The van der Waals surface area contributed by atoms with Crippen molar-refractivity contribution in [2.75, 3.05) is 0 Å². The van der Waals surface area contributed by atoms with E-state index in [9.17, 15) is 0 Å². The fourth-order valence-corrected chi connectivity index (χ4v) is 9.03. The van der Waals surface area contributed by atoms with Crippen molar-refractivity contribution in [3.63, 3.8) is 0 Å². The van der Waals surface area contributed by atoms with Crippen LogP contribution in [0.1, 0.15) is 16.4 Å². The highest BCUT2D eigenvalue weighted by molar-refractivity contribution is 7.99. The van der Waals surface area contributed by atoms with E-state index in [-0.39, 0.29) is 0 Å². The summed E-state index contributed by atoms with van der Waals surface area (Å²) in [5.74, 6) is 0. The van der Waals surface area contributed by atoms with Crippen LogP contribution in [-0.4, -0.2) is 0 Å². The summed E-state index contributed by atoms with van der Waals surface area (Å²) in [6.07, 6.45) is 1.04. The minimum atomic E-state index is 0.447. The van der Waals surface area contributed by atoms with Gasteiger partial charge < -0.3 is 4.42 Å². The molecule has 1 unspecified atom stereocenters. The Balaban J connectivity index is 1.20. The molecule has 2 heterocycles. The molecule has 1 aromatic heterocycles. The third-order valence-electron chi connectivity index (χ3n) is 9.78. The van der Waals surface area contributed by atoms with E-state index >= 15 is 0 Å². The number of thioether (sulfide) groups is 1. The number of hydrogen-bond donors (Lipinski definition) is 0. The van der Waals surface area contributed by atoms with Crippen LogP contribution in [0.5, 0.6) is 0 Å². The first-order valence-corrected chi connectivity index (χ1v) is 16.8. The molecule has 10 rings (SSSR count). The van der Waals surface area contributed by atoms with E-state index in [0.29, 0.717) is 5.25 Å². The van der Waals surface area contributed by atoms with Crippen molar-refractivity contribution in [1.29, 1.82) is 0 Å².